The van der Waals surface area contributed by atoms with Crippen LogP contribution in [0.1, 0.15) is 11.6 Å². The van der Waals surface area contributed by atoms with Crippen LogP contribution in [0.15, 0.2) is 18.2 Å². The van der Waals surface area contributed by atoms with Gasteiger partial charge in [0.25, 0.3) is 0 Å². The average Bonchev–Trinajstić information content (AvgIpc) is 2.07. The van der Waals surface area contributed by atoms with Crippen LogP contribution in [-0.4, -0.2) is 6.18 Å². The van der Waals surface area contributed by atoms with Gasteiger partial charge in [-0.15, -0.1) is 0 Å². The van der Waals surface area contributed by atoms with E-state index in [-0.39, 0.29) is 0 Å². The molecule has 0 radical (unpaired) electrons. The summed E-state index contributed by atoms with van der Waals surface area (Å²) in [5, 5.41) is 0. The summed E-state index contributed by atoms with van der Waals surface area (Å²) in [5.74, 6) is -0.901. The van der Waals surface area contributed by atoms with E-state index in [1.807, 2.05) is 0 Å². The van der Waals surface area contributed by atoms with Crippen LogP contribution in [0.25, 0.3) is 0 Å². The molecule has 1 aromatic carbocycles. The monoisotopic (exact) mass is 208 g/mol. The van der Waals surface area contributed by atoms with Gasteiger partial charge >= 0.3 is 6.18 Å². The molecule has 4 N–H and O–H groups in total. The highest BCUT2D eigenvalue weighted by atomic mass is 19.4. The largest absolute Gasteiger partial charge is 0.407 e. The zero-order valence-corrected chi connectivity index (χ0v) is 6.98. The molecule has 0 aliphatic carbocycles. The molecule has 1 atom stereocenters. The first-order chi connectivity index (χ1) is 6.34. The van der Waals surface area contributed by atoms with Gasteiger partial charge in [-0.1, -0.05) is 12.1 Å². The summed E-state index contributed by atoms with van der Waals surface area (Å²) < 4.78 is 49.2. The van der Waals surface area contributed by atoms with E-state index in [4.69, 9.17) is 11.5 Å². The second-order valence-electron chi connectivity index (χ2n) is 2.76. The molecule has 2 nitrogen and oxygen atoms in total. The third-order valence-electron chi connectivity index (χ3n) is 1.77. The minimum atomic E-state index is -4.62. The fourth-order valence-corrected chi connectivity index (χ4v) is 1.00. The number of anilines is 1. The Morgan fingerprint density at radius 2 is 1.79 bits per heavy atom. The van der Waals surface area contributed by atoms with E-state index in [0.29, 0.717) is 0 Å². The second kappa shape index (κ2) is 3.45. The van der Waals surface area contributed by atoms with Crippen LogP contribution < -0.4 is 11.5 Å². The molecule has 0 saturated carbocycles. The minimum Gasteiger partial charge on any atom is -0.396 e. The Morgan fingerprint density at radius 1 is 1.21 bits per heavy atom. The molecule has 0 heterocycles. The maximum Gasteiger partial charge on any atom is 0.407 e. The maximum atomic E-state index is 12.8. The Morgan fingerprint density at radius 3 is 2.29 bits per heavy atom. The lowest BCUT2D eigenvalue weighted by molar-refractivity contribution is -0.149. The van der Waals surface area contributed by atoms with Gasteiger partial charge in [0.05, 0.1) is 5.69 Å². The topological polar surface area (TPSA) is 52.0 Å². The number of rotatable bonds is 1. The van der Waals surface area contributed by atoms with Crippen LogP contribution in [0.3, 0.4) is 0 Å². The van der Waals surface area contributed by atoms with Crippen molar-refractivity contribution >= 4 is 5.69 Å². The van der Waals surface area contributed by atoms with Gasteiger partial charge in [-0.2, -0.15) is 13.2 Å². The van der Waals surface area contributed by atoms with Crippen molar-refractivity contribution in [3.8, 4) is 0 Å². The number of nitrogen functional groups attached to an aromatic ring is 1. The standard InChI is InChI=1S/C8H8F4N2/c9-5-3-1-2-4(6(5)13)7(14)8(10,11)12/h1-3,7H,13-14H2/t7-/m0/s1. The highest BCUT2D eigenvalue weighted by Gasteiger charge is 2.39. The first-order valence-corrected chi connectivity index (χ1v) is 3.70. The van der Waals surface area contributed by atoms with E-state index in [2.05, 4.69) is 0 Å². The van der Waals surface area contributed by atoms with Crippen LogP contribution in [0.4, 0.5) is 23.2 Å². The first-order valence-electron chi connectivity index (χ1n) is 3.70. The highest BCUT2D eigenvalue weighted by Crippen LogP contribution is 2.33. The predicted octanol–water partition coefficient (Wildman–Crippen LogP) is 1.97. The van der Waals surface area contributed by atoms with Crippen molar-refractivity contribution in [2.45, 2.75) is 12.2 Å². The quantitative estimate of drug-likeness (QED) is 0.547. The Kier molecular flexibility index (Phi) is 2.66. The van der Waals surface area contributed by atoms with Gasteiger partial charge < -0.3 is 11.5 Å². The van der Waals surface area contributed by atoms with E-state index in [9.17, 15) is 17.6 Å². The number of halogens is 4. The SMILES string of the molecule is Nc1c(F)cccc1[C@H](N)C(F)(F)F. The van der Waals surface area contributed by atoms with Crippen molar-refractivity contribution in [1.82, 2.24) is 0 Å². The van der Waals surface area contributed by atoms with Crippen molar-refractivity contribution in [3.05, 3.63) is 29.6 Å². The Balaban J connectivity index is 3.14. The molecule has 0 saturated heterocycles. The molecule has 0 bridgehead atoms. The molecular weight excluding hydrogens is 200 g/mol. The first kappa shape index (κ1) is 10.8. The fourth-order valence-electron chi connectivity index (χ4n) is 1.00. The van der Waals surface area contributed by atoms with Gasteiger partial charge in [-0.3, -0.25) is 0 Å². The Labute approximate surface area is 77.5 Å². The minimum absolute atomic E-state index is 0.447. The van der Waals surface area contributed by atoms with Gasteiger partial charge in [-0.25, -0.2) is 4.39 Å². The molecular formula is C8H8F4N2. The number of hydrogen-bond donors (Lipinski definition) is 2. The van der Waals surface area contributed by atoms with Gasteiger partial charge in [0.2, 0.25) is 0 Å². The lowest BCUT2D eigenvalue weighted by Crippen LogP contribution is -2.29. The second-order valence-corrected chi connectivity index (χ2v) is 2.76. The molecule has 1 aromatic rings. The van der Waals surface area contributed by atoms with Crippen LogP contribution in [-0.2, 0) is 0 Å². The van der Waals surface area contributed by atoms with Crippen LogP contribution in [0.5, 0.6) is 0 Å². The molecule has 0 aliphatic rings. The van der Waals surface area contributed by atoms with Crippen molar-refractivity contribution < 1.29 is 17.6 Å². The molecule has 0 fully saturated rings. The third kappa shape index (κ3) is 1.95. The van der Waals surface area contributed by atoms with E-state index >= 15 is 0 Å². The van der Waals surface area contributed by atoms with Crippen molar-refractivity contribution in [2.75, 3.05) is 5.73 Å². The molecule has 0 aliphatic heterocycles. The van der Waals surface area contributed by atoms with Gasteiger partial charge in [0, 0.05) is 5.56 Å². The maximum absolute atomic E-state index is 12.8. The zero-order chi connectivity index (χ0) is 10.9. The Hall–Kier alpha value is -1.30. The number of para-hydroxylation sites is 1. The molecule has 0 spiro atoms. The number of benzene rings is 1. The summed E-state index contributed by atoms with van der Waals surface area (Å²) in [6.45, 7) is 0. The van der Waals surface area contributed by atoms with Crippen LogP contribution in [0.2, 0.25) is 0 Å². The van der Waals surface area contributed by atoms with Gasteiger partial charge in [0.1, 0.15) is 11.9 Å². The Bertz CT molecular complexity index is 335. The van der Waals surface area contributed by atoms with E-state index in [0.717, 1.165) is 18.2 Å². The third-order valence-corrected chi connectivity index (χ3v) is 1.77. The lowest BCUT2D eigenvalue weighted by atomic mass is 10.1. The molecule has 14 heavy (non-hydrogen) atoms. The van der Waals surface area contributed by atoms with Gasteiger partial charge in [-0.05, 0) is 6.07 Å². The lowest BCUT2D eigenvalue weighted by Gasteiger charge is -2.17. The molecule has 78 valence electrons. The highest BCUT2D eigenvalue weighted by molar-refractivity contribution is 5.49. The zero-order valence-electron chi connectivity index (χ0n) is 6.98. The normalized spacial score (nSPS) is 14.1. The van der Waals surface area contributed by atoms with Crippen molar-refractivity contribution in [1.29, 1.82) is 0 Å². The van der Waals surface area contributed by atoms with E-state index in [1.54, 1.807) is 0 Å². The summed E-state index contributed by atoms with van der Waals surface area (Å²) in [5.41, 5.74) is 8.99. The average molecular weight is 208 g/mol. The molecule has 0 unspecified atom stereocenters. The summed E-state index contributed by atoms with van der Waals surface area (Å²) >= 11 is 0. The summed E-state index contributed by atoms with van der Waals surface area (Å²) in [4.78, 5) is 0. The molecule has 0 aromatic heterocycles. The summed E-state index contributed by atoms with van der Waals surface area (Å²) in [6, 6.07) is 0.906. The smallest absolute Gasteiger partial charge is 0.396 e. The number of nitrogens with two attached hydrogens (primary N) is 2. The van der Waals surface area contributed by atoms with E-state index < -0.39 is 29.3 Å². The predicted molar refractivity (Wildman–Crippen MR) is 43.8 cm³/mol. The number of hydrogen-bond acceptors (Lipinski definition) is 2. The van der Waals surface area contributed by atoms with Crippen LogP contribution >= 0.6 is 0 Å². The molecule has 0 amide bonds. The van der Waals surface area contributed by atoms with Crippen molar-refractivity contribution in [3.63, 3.8) is 0 Å². The van der Waals surface area contributed by atoms with E-state index in [1.165, 1.54) is 0 Å². The fraction of sp³-hybridized carbons (Fsp3) is 0.250. The van der Waals surface area contributed by atoms with Crippen molar-refractivity contribution in [2.24, 2.45) is 5.73 Å². The molecule has 1 rings (SSSR count). The summed E-state index contributed by atoms with van der Waals surface area (Å²) in [7, 11) is 0. The van der Waals surface area contributed by atoms with Crippen LogP contribution in [0, 0.1) is 5.82 Å². The molecule has 6 heteroatoms. The number of alkyl halides is 3. The van der Waals surface area contributed by atoms with Gasteiger partial charge in [0.15, 0.2) is 0 Å². The summed E-state index contributed by atoms with van der Waals surface area (Å²) in [6.07, 6.45) is -4.62.